The minimum Gasteiger partial charge on any atom is -0.339 e. The van der Waals surface area contributed by atoms with Gasteiger partial charge in [0.25, 0.3) is 0 Å². The van der Waals surface area contributed by atoms with Crippen molar-refractivity contribution in [3.63, 3.8) is 0 Å². The number of quaternary nitrogens is 1. The second-order valence-corrected chi connectivity index (χ2v) is 7.04. The summed E-state index contributed by atoms with van der Waals surface area (Å²) in [5.41, 5.74) is 5.96. The van der Waals surface area contributed by atoms with Gasteiger partial charge in [-0.2, -0.15) is 0 Å². The number of rotatable bonds is 5. The first kappa shape index (κ1) is 15.5. The van der Waals surface area contributed by atoms with E-state index in [1.165, 1.54) is 55.4 Å². The van der Waals surface area contributed by atoms with Crippen molar-refractivity contribution >= 4 is 10.9 Å². The number of hydrogen-bond acceptors (Lipinski definition) is 0. The lowest BCUT2D eigenvalue weighted by Gasteiger charge is -2.25. The molecule has 1 aromatic heterocycles. The van der Waals surface area contributed by atoms with Crippen LogP contribution >= 0.6 is 0 Å². The summed E-state index contributed by atoms with van der Waals surface area (Å²) < 4.78 is 2.57. The third-order valence-electron chi connectivity index (χ3n) is 5.40. The SMILES string of the molecule is CCCC[NH+]1CCc2c(c3ccccc3n2Cc2ccccc2)C1. The Labute approximate surface area is 144 Å². The molecule has 0 radical (unpaired) electrons. The highest BCUT2D eigenvalue weighted by Gasteiger charge is 2.25. The van der Waals surface area contributed by atoms with Gasteiger partial charge >= 0.3 is 0 Å². The predicted octanol–water partition coefficient (Wildman–Crippen LogP) is 3.43. The van der Waals surface area contributed by atoms with Crippen molar-refractivity contribution in [3.8, 4) is 0 Å². The summed E-state index contributed by atoms with van der Waals surface area (Å²) in [6, 6.07) is 19.8. The first-order valence-corrected chi connectivity index (χ1v) is 9.33. The first-order chi connectivity index (χ1) is 11.9. The fourth-order valence-electron chi connectivity index (χ4n) is 4.13. The van der Waals surface area contributed by atoms with Crippen molar-refractivity contribution in [2.24, 2.45) is 0 Å². The lowest BCUT2D eigenvalue weighted by atomic mass is 10.0. The molecule has 2 aromatic carbocycles. The van der Waals surface area contributed by atoms with Gasteiger partial charge in [-0.1, -0.05) is 61.9 Å². The van der Waals surface area contributed by atoms with Crippen molar-refractivity contribution in [3.05, 3.63) is 71.4 Å². The summed E-state index contributed by atoms with van der Waals surface area (Å²) in [4.78, 5) is 1.76. The molecule has 0 spiro atoms. The highest BCUT2D eigenvalue weighted by atomic mass is 15.1. The van der Waals surface area contributed by atoms with Crippen LogP contribution in [-0.2, 0) is 19.5 Å². The Morgan fingerprint density at radius 2 is 1.79 bits per heavy atom. The Balaban J connectivity index is 1.73. The van der Waals surface area contributed by atoms with Crippen molar-refractivity contribution < 1.29 is 4.90 Å². The lowest BCUT2D eigenvalue weighted by molar-refractivity contribution is -0.916. The lowest BCUT2D eigenvalue weighted by Crippen LogP contribution is -3.11. The number of benzene rings is 2. The van der Waals surface area contributed by atoms with Gasteiger partial charge in [-0.05, 0) is 18.1 Å². The maximum absolute atomic E-state index is 2.57. The Kier molecular flexibility index (Phi) is 4.40. The molecule has 24 heavy (non-hydrogen) atoms. The first-order valence-electron chi connectivity index (χ1n) is 9.33. The van der Waals surface area contributed by atoms with Crippen LogP contribution < -0.4 is 4.90 Å². The van der Waals surface area contributed by atoms with Gasteiger partial charge in [-0.15, -0.1) is 0 Å². The van der Waals surface area contributed by atoms with Crippen LogP contribution in [0.3, 0.4) is 0 Å². The van der Waals surface area contributed by atoms with Crippen LogP contribution in [0, 0.1) is 0 Å². The molecule has 4 rings (SSSR count). The van der Waals surface area contributed by atoms with Crippen LogP contribution in [0.15, 0.2) is 54.6 Å². The van der Waals surface area contributed by atoms with Crippen molar-refractivity contribution in [1.29, 1.82) is 0 Å². The third-order valence-corrected chi connectivity index (χ3v) is 5.40. The molecule has 124 valence electrons. The van der Waals surface area contributed by atoms with Crippen LogP contribution in [0.2, 0.25) is 0 Å². The minimum absolute atomic E-state index is 0.987. The van der Waals surface area contributed by atoms with Crippen LogP contribution in [0.25, 0.3) is 10.9 Å². The van der Waals surface area contributed by atoms with E-state index in [0.29, 0.717) is 0 Å². The van der Waals surface area contributed by atoms with Crippen LogP contribution in [-0.4, -0.2) is 17.7 Å². The van der Waals surface area contributed by atoms with Gasteiger partial charge in [0.05, 0.1) is 13.1 Å². The van der Waals surface area contributed by atoms with Gasteiger partial charge in [-0.25, -0.2) is 0 Å². The van der Waals surface area contributed by atoms with E-state index in [1.54, 1.807) is 16.2 Å². The van der Waals surface area contributed by atoms with Crippen LogP contribution in [0.4, 0.5) is 0 Å². The molecule has 2 heterocycles. The van der Waals surface area contributed by atoms with Gasteiger partial charge in [0.15, 0.2) is 0 Å². The van der Waals surface area contributed by atoms with Crippen LogP contribution in [0.5, 0.6) is 0 Å². The molecule has 2 nitrogen and oxygen atoms in total. The molecule has 0 aliphatic carbocycles. The fourth-order valence-corrected chi connectivity index (χ4v) is 4.13. The highest BCUT2D eigenvalue weighted by molar-refractivity contribution is 5.85. The smallest absolute Gasteiger partial charge is 0.105 e. The normalized spacial score (nSPS) is 17.1. The number of hydrogen-bond donors (Lipinski definition) is 1. The number of nitrogens with one attached hydrogen (secondary N) is 1. The molecule has 0 amide bonds. The zero-order valence-electron chi connectivity index (χ0n) is 14.6. The molecule has 1 aliphatic rings. The number of fused-ring (bicyclic) bond motifs is 3. The predicted molar refractivity (Wildman–Crippen MR) is 100 cm³/mol. The topological polar surface area (TPSA) is 9.37 Å². The zero-order valence-corrected chi connectivity index (χ0v) is 14.6. The molecule has 0 bridgehead atoms. The summed E-state index contributed by atoms with van der Waals surface area (Å²) in [5, 5.41) is 1.47. The molecule has 1 aliphatic heterocycles. The van der Waals surface area contributed by atoms with Gasteiger partial charge < -0.3 is 9.47 Å². The van der Waals surface area contributed by atoms with Gasteiger partial charge in [0.1, 0.15) is 6.54 Å². The van der Waals surface area contributed by atoms with E-state index in [0.717, 1.165) is 6.54 Å². The molecule has 1 unspecified atom stereocenters. The van der Waals surface area contributed by atoms with E-state index in [2.05, 4.69) is 66.1 Å². The molecular formula is C22H27N2+. The van der Waals surface area contributed by atoms with Crippen molar-refractivity contribution in [2.75, 3.05) is 13.1 Å². The molecule has 1 atom stereocenters. The second-order valence-electron chi connectivity index (χ2n) is 7.04. The number of unbranched alkanes of at least 4 members (excludes halogenated alkanes) is 1. The Morgan fingerprint density at radius 3 is 2.62 bits per heavy atom. The molecule has 0 fully saturated rings. The molecule has 0 saturated heterocycles. The number of para-hydroxylation sites is 1. The molecule has 0 saturated carbocycles. The average molecular weight is 319 g/mol. The Hall–Kier alpha value is -2.06. The zero-order chi connectivity index (χ0) is 16.4. The van der Waals surface area contributed by atoms with E-state index in [4.69, 9.17) is 0 Å². The minimum atomic E-state index is 0.987. The molecular weight excluding hydrogens is 292 g/mol. The van der Waals surface area contributed by atoms with E-state index < -0.39 is 0 Å². The van der Waals surface area contributed by atoms with E-state index in [1.807, 2.05) is 0 Å². The molecule has 2 heteroatoms. The highest BCUT2D eigenvalue weighted by Crippen LogP contribution is 2.28. The number of aromatic nitrogens is 1. The largest absolute Gasteiger partial charge is 0.339 e. The second kappa shape index (κ2) is 6.82. The maximum Gasteiger partial charge on any atom is 0.105 e. The van der Waals surface area contributed by atoms with Gasteiger partial charge in [0, 0.05) is 35.1 Å². The third kappa shape index (κ3) is 2.87. The summed E-state index contributed by atoms with van der Waals surface area (Å²) in [6.07, 6.45) is 3.84. The summed E-state index contributed by atoms with van der Waals surface area (Å²) in [6.45, 7) is 7.06. The van der Waals surface area contributed by atoms with E-state index >= 15 is 0 Å². The summed E-state index contributed by atoms with van der Waals surface area (Å²) >= 11 is 0. The number of nitrogens with zero attached hydrogens (tertiary/aromatic N) is 1. The van der Waals surface area contributed by atoms with E-state index in [9.17, 15) is 0 Å². The Morgan fingerprint density at radius 1 is 1.00 bits per heavy atom. The molecule has 1 N–H and O–H groups in total. The van der Waals surface area contributed by atoms with Gasteiger partial charge in [0.2, 0.25) is 0 Å². The summed E-state index contributed by atoms with van der Waals surface area (Å²) in [7, 11) is 0. The quantitative estimate of drug-likeness (QED) is 0.738. The Bertz CT molecular complexity index is 817. The van der Waals surface area contributed by atoms with Crippen molar-refractivity contribution in [1.82, 2.24) is 4.57 Å². The van der Waals surface area contributed by atoms with Gasteiger partial charge in [-0.3, -0.25) is 0 Å². The maximum atomic E-state index is 2.57. The average Bonchev–Trinajstić information content (AvgIpc) is 2.94. The van der Waals surface area contributed by atoms with E-state index in [-0.39, 0.29) is 0 Å². The standard InChI is InChI=1S/C22H26N2/c1-2-3-14-23-15-13-22-20(17-23)19-11-7-8-12-21(19)24(22)16-18-9-5-4-6-10-18/h4-12H,2-3,13-17H2,1H3/p+1. The van der Waals surface area contributed by atoms with Crippen LogP contribution in [0.1, 0.15) is 36.6 Å². The fraction of sp³-hybridized carbons (Fsp3) is 0.364. The summed E-state index contributed by atoms with van der Waals surface area (Å²) in [5.74, 6) is 0. The van der Waals surface area contributed by atoms with Crippen molar-refractivity contribution in [2.45, 2.75) is 39.3 Å². The molecule has 3 aromatic rings. The monoisotopic (exact) mass is 319 g/mol.